The molecule has 1 atom stereocenters. The van der Waals surface area contributed by atoms with E-state index < -0.39 is 5.41 Å². The molecule has 0 radical (unpaired) electrons. The largest absolute Gasteiger partial charge is 0.380 e. The van der Waals surface area contributed by atoms with Gasteiger partial charge in [0.25, 0.3) is 0 Å². The van der Waals surface area contributed by atoms with Gasteiger partial charge < -0.3 is 4.74 Å². The molecule has 1 aromatic heterocycles. The van der Waals surface area contributed by atoms with Crippen LogP contribution in [0, 0.1) is 16.7 Å². The summed E-state index contributed by atoms with van der Waals surface area (Å²) in [6.45, 7) is 1.17. The molecular formula is C10H11N3O. The van der Waals surface area contributed by atoms with E-state index in [2.05, 4.69) is 16.0 Å². The first-order valence-electron chi connectivity index (χ1n) is 4.60. The number of ether oxygens (including phenoxy) is 1. The predicted octanol–water partition coefficient (Wildman–Crippen LogP) is 0.949. The third-order valence-corrected chi connectivity index (χ3v) is 2.46. The minimum absolute atomic E-state index is 0.401. The van der Waals surface area contributed by atoms with Crippen LogP contribution in [-0.4, -0.2) is 23.2 Å². The average Bonchev–Trinajstić information content (AvgIpc) is 2.69. The van der Waals surface area contributed by atoms with E-state index in [1.54, 1.807) is 18.5 Å². The number of hydrogen-bond acceptors (Lipinski definition) is 4. The molecule has 1 fully saturated rings. The zero-order valence-corrected chi connectivity index (χ0v) is 7.81. The fourth-order valence-electron chi connectivity index (χ4n) is 1.60. The molecular weight excluding hydrogens is 178 g/mol. The molecule has 1 aliphatic heterocycles. The van der Waals surface area contributed by atoms with Gasteiger partial charge >= 0.3 is 0 Å². The zero-order valence-electron chi connectivity index (χ0n) is 7.81. The SMILES string of the molecule is N#CC1(Cc2ncccn2)CCOC1. The molecule has 1 saturated heterocycles. The molecule has 1 unspecified atom stereocenters. The fraction of sp³-hybridized carbons (Fsp3) is 0.500. The van der Waals surface area contributed by atoms with E-state index >= 15 is 0 Å². The topological polar surface area (TPSA) is 58.8 Å². The average molecular weight is 189 g/mol. The maximum Gasteiger partial charge on any atom is 0.129 e. The molecule has 1 aliphatic rings. The van der Waals surface area contributed by atoms with E-state index in [1.165, 1.54) is 0 Å². The lowest BCUT2D eigenvalue weighted by Crippen LogP contribution is -2.22. The van der Waals surface area contributed by atoms with Crippen molar-refractivity contribution >= 4 is 0 Å². The van der Waals surface area contributed by atoms with Crippen molar-refractivity contribution in [2.75, 3.05) is 13.2 Å². The molecule has 0 N–H and O–H groups in total. The van der Waals surface area contributed by atoms with Crippen LogP contribution in [0.2, 0.25) is 0 Å². The monoisotopic (exact) mass is 189 g/mol. The lowest BCUT2D eigenvalue weighted by Gasteiger charge is -2.16. The molecule has 14 heavy (non-hydrogen) atoms. The molecule has 4 nitrogen and oxygen atoms in total. The van der Waals surface area contributed by atoms with Gasteiger partial charge in [-0.05, 0) is 12.5 Å². The molecule has 1 aromatic rings. The fourth-order valence-corrected chi connectivity index (χ4v) is 1.60. The Morgan fingerprint density at radius 1 is 1.50 bits per heavy atom. The summed E-state index contributed by atoms with van der Waals surface area (Å²) in [6, 6.07) is 4.09. The van der Waals surface area contributed by atoms with Crippen LogP contribution >= 0.6 is 0 Å². The molecule has 0 amide bonds. The van der Waals surface area contributed by atoms with Crippen LogP contribution in [0.3, 0.4) is 0 Å². The van der Waals surface area contributed by atoms with E-state index in [1.807, 2.05) is 0 Å². The summed E-state index contributed by atoms with van der Waals surface area (Å²) in [4.78, 5) is 8.23. The quantitative estimate of drug-likeness (QED) is 0.695. The van der Waals surface area contributed by atoms with Gasteiger partial charge in [-0.1, -0.05) is 0 Å². The summed E-state index contributed by atoms with van der Waals surface area (Å²) in [7, 11) is 0. The van der Waals surface area contributed by atoms with Gasteiger partial charge in [0, 0.05) is 25.4 Å². The Hall–Kier alpha value is -1.47. The van der Waals surface area contributed by atoms with Crippen molar-refractivity contribution in [1.29, 1.82) is 5.26 Å². The Balaban J connectivity index is 2.13. The van der Waals surface area contributed by atoms with Gasteiger partial charge in [0.05, 0.1) is 18.1 Å². The summed E-state index contributed by atoms with van der Waals surface area (Å²) in [5, 5.41) is 9.09. The second kappa shape index (κ2) is 3.72. The Morgan fingerprint density at radius 3 is 2.86 bits per heavy atom. The molecule has 0 aromatic carbocycles. The number of nitriles is 1. The molecule has 2 rings (SSSR count). The van der Waals surface area contributed by atoms with Crippen LogP contribution in [0.5, 0.6) is 0 Å². The Bertz CT molecular complexity index is 338. The van der Waals surface area contributed by atoms with Gasteiger partial charge in [-0.2, -0.15) is 5.26 Å². The van der Waals surface area contributed by atoms with Crippen molar-refractivity contribution in [3.8, 4) is 6.07 Å². The molecule has 4 heteroatoms. The van der Waals surface area contributed by atoms with Gasteiger partial charge in [-0.25, -0.2) is 9.97 Å². The highest BCUT2D eigenvalue weighted by atomic mass is 16.5. The van der Waals surface area contributed by atoms with Crippen molar-refractivity contribution in [2.45, 2.75) is 12.8 Å². The summed E-state index contributed by atoms with van der Waals surface area (Å²) in [6.07, 6.45) is 4.76. The first kappa shape index (κ1) is 9.10. The smallest absolute Gasteiger partial charge is 0.129 e. The second-order valence-electron chi connectivity index (χ2n) is 3.54. The lowest BCUT2D eigenvalue weighted by atomic mass is 9.85. The minimum atomic E-state index is -0.401. The number of nitrogens with zero attached hydrogens (tertiary/aromatic N) is 3. The Kier molecular flexibility index (Phi) is 2.42. The van der Waals surface area contributed by atoms with Crippen molar-refractivity contribution in [2.24, 2.45) is 5.41 Å². The maximum absolute atomic E-state index is 9.09. The van der Waals surface area contributed by atoms with Crippen LogP contribution in [0.1, 0.15) is 12.2 Å². The lowest BCUT2D eigenvalue weighted by molar-refractivity contribution is 0.171. The van der Waals surface area contributed by atoms with Crippen LogP contribution in [-0.2, 0) is 11.2 Å². The molecule has 72 valence electrons. The number of rotatable bonds is 2. The summed E-state index contributed by atoms with van der Waals surface area (Å²) >= 11 is 0. The summed E-state index contributed by atoms with van der Waals surface area (Å²) < 4.78 is 5.25. The molecule has 0 spiro atoms. The highest BCUT2D eigenvalue weighted by Crippen LogP contribution is 2.30. The third-order valence-electron chi connectivity index (χ3n) is 2.46. The van der Waals surface area contributed by atoms with Crippen LogP contribution < -0.4 is 0 Å². The van der Waals surface area contributed by atoms with E-state index in [4.69, 9.17) is 10.00 Å². The second-order valence-corrected chi connectivity index (χ2v) is 3.54. The standard InChI is InChI=1S/C10H11N3O/c11-7-10(2-5-14-8-10)6-9-12-3-1-4-13-9/h1,3-4H,2,5-6,8H2. The van der Waals surface area contributed by atoms with Crippen LogP contribution in [0.4, 0.5) is 0 Å². The highest BCUT2D eigenvalue weighted by Gasteiger charge is 2.36. The van der Waals surface area contributed by atoms with Crippen molar-refractivity contribution in [3.05, 3.63) is 24.3 Å². The van der Waals surface area contributed by atoms with Gasteiger partial charge in [0.2, 0.25) is 0 Å². The van der Waals surface area contributed by atoms with Gasteiger partial charge in [0.15, 0.2) is 0 Å². The summed E-state index contributed by atoms with van der Waals surface area (Å²) in [5.41, 5.74) is -0.401. The first-order valence-corrected chi connectivity index (χ1v) is 4.60. The van der Waals surface area contributed by atoms with Crippen LogP contribution in [0.25, 0.3) is 0 Å². The van der Waals surface area contributed by atoms with Crippen molar-refractivity contribution in [1.82, 2.24) is 9.97 Å². The zero-order chi connectivity index (χ0) is 9.86. The normalized spacial score (nSPS) is 25.9. The third kappa shape index (κ3) is 1.73. The van der Waals surface area contributed by atoms with E-state index in [0.29, 0.717) is 19.6 Å². The summed E-state index contributed by atoms with van der Waals surface area (Å²) in [5.74, 6) is 0.722. The number of aromatic nitrogens is 2. The van der Waals surface area contributed by atoms with Crippen molar-refractivity contribution < 1.29 is 4.74 Å². The Morgan fingerprint density at radius 2 is 2.29 bits per heavy atom. The molecule has 0 saturated carbocycles. The van der Waals surface area contributed by atoms with E-state index in [0.717, 1.165) is 12.2 Å². The van der Waals surface area contributed by atoms with Crippen molar-refractivity contribution in [3.63, 3.8) is 0 Å². The molecule has 0 aliphatic carbocycles. The minimum Gasteiger partial charge on any atom is -0.380 e. The first-order chi connectivity index (χ1) is 6.85. The molecule has 2 heterocycles. The van der Waals surface area contributed by atoms with Gasteiger partial charge in [0.1, 0.15) is 5.82 Å². The van der Waals surface area contributed by atoms with Crippen LogP contribution in [0.15, 0.2) is 18.5 Å². The maximum atomic E-state index is 9.09. The Labute approximate surface area is 82.6 Å². The van der Waals surface area contributed by atoms with E-state index in [-0.39, 0.29) is 0 Å². The number of hydrogen-bond donors (Lipinski definition) is 0. The predicted molar refractivity (Wildman–Crippen MR) is 49.2 cm³/mol. The van der Waals surface area contributed by atoms with E-state index in [9.17, 15) is 0 Å². The highest BCUT2D eigenvalue weighted by molar-refractivity contribution is 5.07. The van der Waals surface area contributed by atoms with Gasteiger partial charge in [-0.3, -0.25) is 0 Å². The molecule has 0 bridgehead atoms. The van der Waals surface area contributed by atoms with Gasteiger partial charge in [-0.15, -0.1) is 0 Å².